The lowest BCUT2D eigenvalue weighted by Gasteiger charge is -2.54. The van der Waals surface area contributed by atoms with Gasteiger partial charge in [-0.3, -0.25) is 14.4 Å². The van der Waals surface area contributed by atoms with E-state index < -0.39 is 0 Å². The molecule has 3 aromatic rings. The van der Waals surface area contributed by atoms with E-state index in [1.807, 2.05) is 54.3 Å². The van der Waals surface area contributed by atoms with Gasteiger partial charge in [-0.25, -0.2) is 4.68 Å². The average Bonchev–Trinajstić information content (AvgIpc) is 3.56. The molecule has 1 aliphatic heterocycles. The number of aliphatic hydroxyl groups excluding tert-OH is 1. The number of rotatable bonds is 14. The van der Waals surface area contributed by atoms with E-state index in [1.54, 1.807) is 9.58 Å². The number of aliphatic hydroxyl groups is 1. The Hall–Kier alpha value is -3.63. The molecule has 0 saturated heterocycles. The van der Waals surface area contributed by atoms with Crippen molar-refractivity contribution in [3.05, 3.63) is 76.6 Å². The summed E-state index contributed by atoms with van der Waals surface area (Å²) in [6.45, 7) is 12.2. The molecule has 4 atom stereocenters. The van der Waals surface area contributed by atoms with Crippen LogP contribution < -0.4 is 4.72 Å². The van der Waals surface area contributed by atoms with Gasteiger partial charge < -0.3 is 19.6 Å². The summed E-state index contributed by atoms with van der Waals surface area (Å²) in [5.41, 5.74) is 4.84. The molecule has 2 saturated carbocycles. The van der Waals surface area contributed by atoms with E-state index in [4.69, 9.17) is 5.10 Å². The highest BCUT2D eigenvalue weighted by Crippen LogP contribution is 2.67. The second-order valence-corrected chi connectivity index (χ2v) is 15.8. The number of carbonyl (C=O) groups excluding carboxylic acids is 3. The van der Waals surface area contributed by atoms with Gasteiger partial charge in [0, 0.05) is 48.6 Å². The van der Waals surface area contributed by atoms with Crippen LogP contribution >= 0.6 is 11.9 Å². The minimum absolute atomic E-state index is 0.0447. The van der Waals surface area contributed by atoms with Crippen LogP contribution in [0.25, 0.3) is 5.69 Å². The summed E-state index contributed by atoms with van der Waals surface area (Å²) >= 11 is 1.53. The molecule has 1 aromatic heterocycles. The Labute approximate surface area is 301 Å². The maximum absolute atomic E-state index is 14.6. The zero-order valence-electron chi connectivity index (χ0n) is 30.3. The highest BCUT2D eigenvalue weighted by Gasteiger charge is 2.66. The topological polar surface area (TPSA) is 108 Å². The maximum Gasteiger partial charge on any atom is 0.274 e. The van der Waals surface area contributed by atoms with E-state index in [0.29, 0.717) is 66.9 Å². The van der Waals surface area contributed by atoms with Crippen LogP contribution in [0.2, 0.25) is 0 Å². The first-order chi connectivity index (χ1) is 24.1. The lowest BCUT2D eigenvalue weighted by Crippen LogP contribution is -2.53. The third kappa shape index (κ3) is 6.49. The second kappa shape index (κ2) is 14.9. The standard InChI is InChI=1S/C40H53N5O4S/c1-6-8-18-43(19-9-7-2)38(49)34-21-28(4)45(41-34)35-15-14-31(42-50-26-40-17-16-39(40,5)27(3)20-36(40)47)23-33(35)37(48)44-24-30-13-11-10-12-29(30)22-32(44)25-46/h10-15,21,23,27,32,42,46H,6-9,16-20,22,24-26H2,1-5H3. The number of nitrogens with one attached hydrogen (secondary N) is 1. The van der Waals surface area contributed by atoms with Crippen molar-refractivity contribution in [2.75, 3.05) is 30.2 Å². The third-order valence-electron chi connectivity index (χ3n) is 12.0. The molecule has 4 unspecified atom stereocenters. The summed E-state index contributed by atoms with van der Waals surface area (Å²) in [4.78, 5) is 45.2. The number of unbranched alkanes of at least 4 members (excludes halogenated alkanes) is 2. The van der Waals surface area contributed by atoms with Gasteiger partial charge in [0.2, 0.25) is 0 Å². The molecule has 268 valence electrons. The van der Waals surface area contributed by atoms with Gasteiger partial charge in [-0.2, -0.15) is 5.10 Å². The number of benzene rings is 2. The Kier molecular flexibility index (Phi) is 10.8. The second-order valence-electron chi connectivity index (χ2n) is 15.0. The Balaban J connectivity index is 1.32. The van der Waals surface area contributed by atoms with Gasteiger partial charge in [0.05, 0.1) is 23.9 Å². The van der Waals surface area contributed by atoms with Crippen LogP contribution in [0.3, 0.4) is 0 Å². The molecule has 3 aliphatic rings. The van der Waals surface area contributed by atoms with Gasteiger partial charge in [0.1, 0.15) is 5.78 Å². The first kappa shape index (κ1) is 36.2. The van der Waals surface area contributed by atoms with E-state index in [9.17, 15) is 19.5 Å². The highest BCUT2D eigenvalue weighted by molar-refractivity contribution is 8.00. The largest absolute Gasteiger partial charge is 0.394 e. The summed E-state index contributed by atoms with van der Waals surface area (Å²) in [5.74, 6) is 1.15. The summed E-state index contributed by atoms with van der Waals surface area (Å²) < 4.78 is 5.17. The fourth-order valence-electron chi connectivity index (χ4n) is 8.35. The number of anilines is 1. The lowest BCUT2D eigenvalue weighted by molar-refractivity contribution is -0.137. The number of aryl methyl sites for hydroxylation is 1. The van der Waals surface area contributed by atoms with Gasteiger partial charge in [0.25, 0.3) is 11.8 Å². The van der Waals surface area contributed by atoms with Gasteiger partial charge in [-0.05, 0) is 85.8 Å². The normalized spacial score (nSPS) is 24.0. The van der Waals surface area contributed by atoms with E-state index in [0.717, 1.165) is 61.0 Å². The number of amides is 2. The van der Waals surface area contributed by atoms with Crippen LogP contribution in [0.1, 0.15) is 110 Å². The van der Waals surface area contributed by atoms with Crippen molar-refractivity contribution in [1.29, 1.82) is 0 Å². The first-order valence-corrected chi connectivity index (χ1v) is 19.5. The summed E-state index contributed by atoms with van der Waals surface area (Å²) in [7, 11) is 0. The molecule has 2 fully saturated rings. The number of carbonyl (C=O) groups is 3. The summed E-state index contributed by atoms with van der Waals surface area (Å²) in [6.07, 6.45) is 7.09. The van der Waals surface area contributed by atoms with Gasteiger partial charge >= 0.3 is 0 Å². The Morgan fingerprint density at radius 1 is 1.04 bits per heavy atom. The van der Waals surface area contributed by atoms with Crippen LogP contribution in [-0.2, 0) is 17.8 Å². The molecule has 50 heavy (non-hydrogen) atoms. The quantitative estimate of drug-likeness (QED) is 0.171. The van der Waals surface area contributed by atoms with Crippen molar-refractivity contribution in [3.8, 4) is 5.69 Å². The molecule has 10 heteroatoms. The van der Waals surface area contributed by atoms with E-state index in [-0.39, 0.29) is 35.3 Å². The molecule has 0 bridgehead atoms. The Morgan fingerprint density at radius 3 is 2.40 bits per heavy atom. The zero-order valence-corrected chi connectivity index (χ0v) is 31.2. The molecule has 0 radical (unpaired) electrons. The van der Waals surface area contributed by atoms with Gasteiger partial charge in [-0.15, -0.1) is 0 Å². The van der Waals surface area contributed by atoms with Crippen LogP contribution in [-0.4, -0.2) is 73.8 Å². The smallest absolute Gasteiger partial charge is 0.274 e. The van der Waals surface area contributed by atoms with Crippen molar-refractivity contribution in [1.82, 2.24) is 19.6 Å². The molecule has 2 N–H and O–H groups in total. The minimum atomic E-state index is -0.372. The van der Waals surface area contributed by atoms with Crippen LogP contribution in [0.4, 0.5) is 5.69 Å². The van der Waals surface area contributed by atoms with Crippen molar-refractivity contribution in [2.24, 2.45) is 16.7 Å². The predicted molar refractivity (Wildman–Crippen MR) is 200 cm³/mol. The molecule has 2 amide bonds. The number of aromatic nitrogens is 2. The molecular weight excluding hydrogens is 647 g/mol. The Morgan fingerprint density at radius 2 is 1.76 bits per heavy atom. The van der Waals surface area contributed by atoms with E-state index in [2.05, 4.69) is 38.5 Å². The fraction of sp³-hybridized carbons (Fsp3) is 0.550. The molecule has 2 aromatic carbocycles. The van der Waals surface area contributed by atoms with Crippen molar-refractivity contribution < 1.29 is 19.5 Å². The fourth-order valence-corrected chi connectivity index (χ4v) is 9.60. The van der Waals surface area contributed by atoms with Gasteiger partial charge in [0.15, 0.2) is 5.69 Å². The Bertz CT molecular complexity index is 1730. The zero-order chi connectivity index (χ0) is 35.6. The van der Waals surface area contributed by atoms with E-state index in [1.165, 1.54) is 11.9 Å². The molecule has 0 spiro atoms. The van der Waals surface area contributed by atoms with Crippen molar-refractivity contribution in [2.45, 2.75) is 98.6 Å². The number of fused-ring (bicyclic) bond motifs is 2. The molecule has 9 nitrogen and oxygen atoms in total. The monoisotopic (exact) mass is 699 g/mol. The number of Topliss-reactive ketones (excluding diaryl/α,β-unsaturated/α-hetero) is 1. The van der Waals surface area contributed by atoms with Crippen LogP contribution in [0, 0.1) is 23.7 Å². The molecule has 6 rings (SSSR count). The number of nitrogens with zero attached hydrogens (tertiary/aromatic N) is 4. The first-order valence-electron chi connectivity index (χ1n) is 18.5. The van der Waals surface area contributed by atoms with Crippen molar-refractivity contribution >= 4 is 35.2 Å². The maximum atomic E-state index is 14.6. The highest BCUT2D eigenvalue weighted by atomic mass is 32.2. The molecule has 2 aliphatic carbocycles. The summed E-state index contributed by atoms with van der Waals surface area (Å²) in [5, 5.41) is 15.3. The average molecular weight is 700 g/mol. The summed E-state index contributed by atoms with van der Waals surface area (Å²) in [6, 6.07) is 15.2. The minimum Gasteiger partial charge on any atom is -0.394 e. The lowest BCUT2D eigenvalue weighted by atomic mass is 9.50. The number of hydrogen-bond donors (Lipinski definition) is 2. The van der Waals surface area contributed by atoms with Gasteiger partial charge in [-0.1, -0.05) is 76.7 Å². The number of ketones is 1. The molecular formula is C40H53N5O4S. The predicted octanol–water partition coefficient (Wildman–Crippen LogP) is 7.24. The number of hydrogen-bond acceptors (Lipinski definition) is 7. The van der Waals surface area contributed by atoms with E-state index >= 15 is 0 Å². The van der Waals surface area contributed by atoms with Crippen LogP contribution in [0.5, 0.6) is 0 Å². The molecule has 2 heterocycles. The van der Waals surface area contributed by atoms with Crippen molar-refractivity contribution in [3.63, 3.8) is 0 Å². The SMILES string of the molecule is CCCCN(CCCC)C(=O)c1cc(C)n(-c2ccc(NSCC34CCC3(C)C(C)CC4=O)cc2C(=O)N2Cc3ccccc3CC2CO)n1. The third-order valence-corrected chi connectivity index (χ3v) is 13.0. The van der Waals surface area contributed by atoms with Crippen LogP contribution in [0.15, 0.2) is 48.5 Å².